The van der Waals surface area contributed by atoms with Gasteiger partial charge in [0.15, 0.2) is 5.03 Å². The molecule has 98 valence electrons. The number of nitrogens with one attached hydrogen (secondary N) is 2. The molecule has 0 amide bonds. The lowest BCUT2D eigenvalue weighted by Crippen LogP contribution is -2.42. The zero-order valence-corrected chi connectivity index (χ0v) is 11.2. The van der Waals surface area contributed by atoms with Gasteiger partial charge in [-0.3, -0.25) is 0 Å². The van der Waals surface area contributed by atoms with Gasteiger partial charge in [0.2, 0.25) is 0 Å². The second-order valence-electron chi connectivity index (χ2n) is 4.02. The van der Waals surface area contributed by atoms with Crippen LogP contribution >= 0.6 is 12.4 Å². The van der Waals surface area contributed by atoms with E-state index in [1.54, 1.807) is 11.6 Å². The third kappa shape index (κ3) is 3.67. The van der Waals surface area contributed by atoms with E-state index in [1.807, 2.05) is 0 Å². The summed E-state index contributed by atoms with van der Waals surface area (Å²) in [7, 11) is -1.70. The molecule has 2 heterocycles. The van der Waals surface area contributed by atoms with Gasteiger partial charge in [0, 0.05) is 19.3 Å². The quantitative estimate of drug-likeness (QED) is 0.809. The SMILES string of the molecule is Cl.Cn1cnc(S(=O)(=O)NC2CCNCC2)c1. The van der Waals surface area contributed by atoms with E-state index >= 15 is 0 Å². The van der Waals surface area contributed by atoms with Crippen molar-refractivity contribution in [1.82, 2.24) is 19.6 Å². The van der Waals surface area contributed by atoms with Crippen LogP contribution < -0.4 is 10.0 Å². The van der Waals surface area contributed by atoms with E-state index < -0.39 is 10.0 Å². The standard InChI is InChI=1S/C9H16N4O2S.ClH/c1-13-6-9(11-7-13)16(14,15)12-8-2-4-10-5-3-8;/h6-8,10,12H,2-5H2,1H3;1H. The molecule has 1 fully saturated rings. The van der Waals surface area contributed by atoms with Crippen molar-refractivity contribution in [2.45, 2.75) is 23.9 Å². The summed E-state index contributed by atoms with van der Waals surface area (Å²) >= 11 is 0. The Morgan fingerprint density at radius 3 is 2.65 bits per heavy atom. The first-order valence-electron chi connectivity index (χ1n) is 5.29. The molecule has 0 atom stereocenters. The fraction of sp³-hybridized carbons (Fsp3) is 0.667. The van der Waals surface area contributed by atoms with E-state index in [2.05, 4.69) is 15.0 Å². The number of sulfonamides is 1. The van der Waals surface area contributed by atoms with Crippen molar-refractivity contribution in [1.29, 1.82) is 0 Å². The number of hydrogen-bond acceptors (Lipinski definition) is 4. The highest BCUT2D eigenvalue weighted by atomic mass is 35.5. The zero-order valence-electron chi connectivity index (χ0n) is 9.59. The van der Waals surface area contributed by atoms with Crippen LogP contribution in [0.3, 0.4) is 0 Å². The summed E-state index contributed by atoms with van der Waals surface area (Å²) in [6, 6.07) is 0.0215. The van der Waals surface area contributed by atoms with Crippen LogP contribution in [0.25, 0.3) is 0 Å². The molecular weight excluding hydrogens is 264 g/mol. The maximum atomic E-state index is 11.9. The van der Waals surface area contributed by atoms with Crippen LogP contribution in [0, 0.1) is 0 Å². The monoisotopic (exact) mass is 280 g/mol. The van der Waals surface area contributed by atoms with Crippen molar-refractivity contribution in [3.05, 3.63) is 12.5 Å². The first kappa shape index (κ1) is 14.4. The molecule has 0 spiro atoms. The minimum absolute atomic E-state index is 0. The Morgan fingerprint density at radius 1 is 1.47 bits per heavy atom. The summed E-state index contributed by atoms with van der Waals surface area (Å²) in [4.78, 5) is 3.85. The average Bonchev–Trinajstić information content (AvgIpc) is 2.66. The van der Waals surface area contributed by atoms with Crippen LogP contribution in [0.4, 0.5) is 0 Å². The molecule has 0 radical (unpaired) electrons. The Balaban J connectivity index is 0.00000144. The molecule has 0 saturated carbocycles. The van der Waals surface area contributed by atoms with Gasteiger partial charge in [-0.1, -0.05) is 0 Å². The van der Waals surface area contributed by atoms with Crippen molar-refractivity contribution in [2.24, 2.45) is 7.05 Å². The molecule has 1 aromatic rings. The molecule has 2 N–H and O–H groups in total. The molecule has 1 aliphatic heterocycles. The second-order valence-corrected chi connectivity index (χ2v) is 5.68. The van der Waals surface area contributed by atoms with Crippen molar-refractivity contribution in [3.63, 3.8) is 0 Å². The summed E-state index contributed by atoms with van der Waals surface area (Å²) < 4.78 is 28.1. The molecule has 0 unspecified atom stereocenters. The lowest BCUT2D eigenvalue weighted by molar-refractivity contribution is 0.426. The van der Waals surface area contributed by atoms with Gasteiger partial charge in [-0.25, -0.2) is 18.1 Å². The van der Waals surface area contributed by atoms with E-state index in [9.17, 15) is 8.42 Å². The Labute approximate surface area is 107 Å². The molecule has 0 aliphatic carbocycles. The van der Waals surface area contributed by atoms with E-state index in [4.69, 9.17) is 0 Å². The molecule has 1 aromatic heterocycles. The molecule has 8 heteroatoms. The first-order valence-corrected chi connectivity index (χ1v) is 6.77. The Morgan fingerprint density at radius 2 is 2.12 bits per heavy atom. The van der Waals surface area contributed by atoms with E-state index in [0.29, 0.717) is 0 Å². The smallest absolute Gasteiger partial charge is 0.259 e. The molecule has 17 heavy (non-hydrogen) atoms. The second kappa shape index (κ2) is 5.81. The van der Waals surface area contributed by atoms with Crippen molar-refractivity contribution in [3.8, 4) is 0 Å². The Bertz CT molecular complexity index is 453. The minimum Gasteiger partial charge on any atom is -0.339 e. The number of imidazole rings is 1. The number of halogens is 1. The highest BCUT2D eigenvalue weighted by Crippen LogP contribution is 2.09. The summed E-state index contributed by atoms with van der Waals surface area (Å²) in [6.07, 6.45) is 4.64. The number of nitrogens with zero attached hydrogens (tertiary/aromatic N) is 2. The summed E-state index contributed by atoms with van der Waals surface area (Å²) in [5.74, 6) is 0. The molecule has 6 nitrogen and oxygen atoms in total. The van der Waals surface area contributed by atoms with E-state index in [1.165, 1.54) is 12.5 Å². The summed E-state index contributed by atoms with van der Waals surface area (Å²) in [5, 5.41) is 3.28. The van der Waals surface area contributed by atoms with E-state index in [0.717, 1.165) is 25.9 Å². The fourth-order valence-electron chi connectivity index (χ4n) is 1.75. The third-order valence-electron chi connectivity index (χ3n) is 2.62. The minimum atomic E-state index is -3.45. The van der Waals surface area contributed by atoms with Gasteiger partial charge in [0.1, 0.15) is 0 Å². The zero-order chi connectivity index (χ0) is 11.6. The van der Waals surface area contributed by atoms with Gasteiger partial charge in [0.05, 0.1) is 6.33 Å². The lowest BCUT2D eigenvalue weighted by Gasteiger charge is -2.22. The molecule has 2 rings (SSSR count). The first-order chi connectivity index (χ1) is 7.58. The summed E-state index contributed by atoms with van der Waals surface area (Å²) in [5.41, 5.74) is 0. The Kier molecular flexibility index (Phi) is 4.93. The topological polar surface area (TPSA) is 76.0 Å². The number of hydrogen-bond donors (Lipinski definition) is 2. The van der Waals surface area contributed by atoms with Crippen LogP contribution in [0.1, 0.15) is 12.8 Å². The van der Waals surface area contributed by atoms with E-state index in [-0.39, 0.29) is 23.5 Å². The number of rotatable bonds is 3. The van der Waals surface area contributed by atoms with Crippen molar-refractivity contribution < 1.29 is 8.42 Å². The maximum Gasteiger partial charge on any atom is 0.259 e. The number of piperidine rings is 1. The normalized spacial score (nSPS) is 17.7. The highest BCUT2D eigenvalue weighted by molar-refractivity contribution is 7.89. The summed E-state index contributed by atoms with van der Waals surface area (Å²) in [6.45, 7) is 1.71. The van der Waals surface area contributed by atoms with Crippen molar-refractivity contribution in [2.75, 3.05) is 13.1 Å². The van der Waals surface area contributed by atoms with Crippen LogP contribution in [0.5, 0.6) is 0 Å². The average molecular weight is 281 g/mol. The van der Waals surface area contributed by atoms with Gasteiger partial charge in [-0.2, -0.15) is 0 Å². The van der Waals surface area contributed by atoms with Crippen LogP contribution in [-0.4, -0.2) is 37.1 Å². The fourth-order valence-corrected chi connectivity index (χ4v) is 3.03. The van der Waals surface area contributed by atoms with Crippen LogP contribution in [-0.2, 0) is 17.1 Å². The molecule has 0 aromatic carbocycles. The van der Waals surface area contributed by atoms with Gasteiger partial charge in [0.25, 0.3) is 10.0 Å². The third-order valence-corrected chi connectivity index (χ3v) is 4.02. The highest BCUT2D eigenvalue weighted by Gasteiger charge is 2.23. The Hall–Kier alpha value is -0.630. The largest absolute Gasteiger partial charge is 0.339 e. The van der Waals surface area contributed by atoms with Gasteiger partial charge in [-0.05, 0) is 25.9 Å². The predicted molar refractivity (Wildman–Crippen MR) is 66.7 cm³/mol. The van der Waals surface area contributed by atoms with Gasteiger partial charge in [-0.15, -0.1) is 12.4 Å². The lowest BCUT2D eigenvalue weighted by atomic mass is 10.1. The molecule has 1 aliphatic rings. The number of aromatic nitrogens is 2. The number of aryl methyl sites for hydroxylation is 1. The predicted octanol–water partition coefficient (Wildman–Crippen LogP) is -0.128. The van der Waals surface area contributed by atoms with Crippen LogP contribution in [0.2, 0.25) is 0 Å². The molecule has 1 saturated heterocycles. The van der Waals surface area contributed by atoms with Crippen LogP contribution in [0.15, 0.2) is 17.6 Å². The van der Waals surface area contributed by atoms with Crippen molar-refractivity contribution >= 4 is 22.4 Å². The molecule has 0 bridgehead atoms. The van der Waals surface area contributed by atoms with Gasteiger partial charge < -0.3 is 9.88 Å². The molecular formula is C9H17ClN4O2S. The van der Waals surface area contributed by atoms with Gasteiger partial charge >= 0.3 is 0 Å². The maximum absolute atomic E-state index is 11.9.